The topological polar surface area (TPSA) is 52.0 Å². The van der Waals surface area contributed by atoms with Crippen LogP contribution in [0.3, 0.4) is 0 Å². The van der Waals surface area contributed by atoms with Gasteiger partial charge in [0.05, 0.1) is 12.2 Å². The van der Waals surface area contributed by atoms with Crippen molar-refractivity contribution >= 4 is 6.29 Å². The van der Waals surface area contributed by atoms with Crippen LogP contribution in [-0.2, 0) is 13.0 Å². The van der Waals surface area contributed by atoms with Gasteiger partial charge in [0, 0.05) is 6.42 Å². The Hall–Kier alpha value is -3.01. The summed E-state index contributed by atoms with van der Waals surface area (Å²) in [6.07, 6.45) is 3.33. The molecule has 0 atom stereocenters. The molecule has 0 aliphatic rings. The van der Waals surface area contributed by atoms with Gasteiger partial charge in [-0.1, -0.05) is 67.9 Å². The molecule has 0 saturated carbocycles. The Morgan fingerprint density at radius 2 is 1.67 bits per heavy atom. The molecule has 0 unspecified atom stereocenters. The third kappa shape index (κ3) is 4.22. The molecule has 0 aliphatic heterocycles. The van der Waals surface area contributed by atoms with Crippen LogP contribution in [0, 0.1) is 6.92 Å². The van der Waals surface area contributed by atoms with Gasteiger partial charge < -0.3 is 0 Å². The van der Waals surface area contributed by atoms with E-state index in [0.717, 1.165) is 41.8 Å². The zero-order valence-corrected chi connectivity index (χ0v) is 15.8. The summed E-state index contributed by atoms with van der Waals surface area (Å²) in [5.74, 6) is 0.747. The molecule has 0 radical (unpaired) electrons. The van der Waals surface area contributed by atoms with E-state index in [2.05, 4.69) is 36.2 Å². The van der Waals surface area contributed by atoms with E-state index in [1.165, 1.54) is 0 Å². The number of aromatic nitrogens is 2. The molecule has 3 rings (SSSR count). The van der Waals surface area contributed by atoms with Crippen molar-refractivity contribution in [3.63, 3.8) is 0 Å². The Morgan fingerprint density at radius 3 is 2.30 bits per heavy atom. The first-order valence-corrected chi connectivity index (χ1v) is 9.34. The standard InChI is InChI=1S/C23H24N2O2/c1-3-4-10-22-24-17(2)21(16-26)23(27)25(22)15-18-11-13-20(14-12-18)19-8-6-5-7-9-19/h5-9,11-14,16H,3-4,10,15H2,1-2H3. The number of hydrogen-bond donors (Lipinski definition) is 0. The summed E-state index contributed by atoms with van der Waals surface area (Å²) in [4.78, 5) is 28.7. The zero-order chi connectivity index (χ0) is 19.2. The van der Waals surface area contributed by atoms with Crippen LogP contribution >= 0.6 is 0 Å². The lowest BCUT2D eigenvalue weighted by molar-refractivity contribution is 0.112. The highest BCUT2D eigenvalue weighted by Crippen LogP contribution is 2.19. The van der Waals surface area contributed by atoms with E-state index in [9.17, 15) is 9.59 Å². The molecule has 0 bridgehead atoms. The molecule has 1 aromatic heterocycles. The van der Waals surface area contributed by atoms with Crippen molar-refractivity contribution in [2.24, 2.45) is 0 Å². The van der Waals surface area contributed by atoms with Gasteiger partial charge in [0.15, 0.2) is 6.29 Å². The summed E-state index contributed by atoms with van der Waals surface area (Å²) in [6, 6.07) is 18.3. The molecular weight excluding hydrogens is 336 g/mol. The van der Waals surface area contributed by atoms with Crippen LogP contribution in [0.5, 0.6) is 0 Å². The minimum Gasteiger partial charge on any atom is -0.298 e. The summed E-state index contributed by atoms with van der Waals surface area (Å²) < 4.78 is 1.64. The highest BCUT2D eigenvalue weighted by molar-refractivity contribution is 5.75. The second-order valence-electron chi connectivity index (χ2n) is 6.70. The molecule has 4 nitrogen and oxygen atoms in total. The molecule has 138 valence electrons. The van der Waals surface area contributed by atoms with E-state index in [0.29, 0.717) is 18.5 Å². The van der Waals surface area contributed by atoms with E-state index < -0.39 is 0 Å². The van der Waals surface area contributed by atoms with Gasteiger partial charge in [-0.15, -0.1) is 0 Å². The predicted molar refractivity (Wildman–Crippen MR) is 108 cm³/mol. The number of aldehydes is 1. The lowest BCUT2D eigenvalue weighted by atomic mass is 10.0. The fourth-order valence-electron chi connectivity index (χ4n) is 3.17. The van der Waals surface area contributed by atoms with Crippen LogP contribution in [0.4, 0.5) is 0 Å². The average molecular weight is 360 g/mol. The van der Waals surface area contributed by atoms with Gasteiger partial charge in [-0.2, -0.15) is 0 Å². The number of rotatable bonds is 7. The van der Waals surface area contributed by atoms with Crippen LogP contribution < -0.4 is 5.56 Å². The van der Waals surface area contributed by atoms with Crippen molar-refractivity contribution in [3.05, 3.63) is 87.6 Å². The fourth-order valence-corrected chi connectivity index (χ4v) is 3.17. The maximum Gasteiger partial charge on any atom is 0.264 e. The molecule has 1 heterocycles. The van der Waals surface area contributed by atoms with E-state index in [1.54, 1.807) is 11.5 Å². The minimum atomic E-state index is -0.254. The monoisotopic (exact) mass is 360 g/mol. The molecule has 0 N–H and O–H groups in total. The van der Waals surface area contributed by atoms with Crippen molar-refractivity contribution in [1.82, 2.24) is 9.55 Å². The maximum atomic E-state index is 12.8. The molecule has 0 aliphatic carbocycles. The van der Waals surface area contributed by atoms with Crippen molar-refractivity contribution < 1.29 is 4.79 Å². The second-order valence-corrected chi connectivity index (χ2v) is 6.70. The molecule has 4 heteroatoms. The van der Waals surface area contributed by atoms with Crippen LogP contribution in [0.15, 0.2) is 59.4 Å². The maximum absolute atomic E-state index is 12.8. The molecule has 3 aromatic rings. The first-order chi connectivity index (χ1) is 13.1. The van der Waals surface area contributed by atoms with Gasteiger partial charge in [-0.05, 0) is 30.0 Å². The van der Waals surface area contributed by atoms with Crippen molar-refractivity contribution in [2.45, 2.75) is 39.7 Å². The lowest BCUT2D eigenvalue weighted by Gasteiger charge is -2.14. The van der Waals surface area contributed by atoms with Gasteiger partial charge in [0.25, 0.3) is 5.56 Å². The van der Waals surface area contributed by atoms with Gasteiger partial charge in [0.1, 0.15) is 11.4 Å². The summed E-state index contributed by atoms with van der Waals surface area (Å²) in [6.45, 7) is 4.25. The van der Waals surface area contributed by atoms with E-state index in [-0.39, 0.29) is 11.1 Å². The van der Waals surface area contributed by atoms with Crippen LogP contribution in [0.25, 0.3) is 11.1 Å². The van der Waals surface area contributed by atoms with Crippen molar-refractivity contribution in [3.8, 4) is 11.1 Å². The number of aryl methyl sites for hydroxylation is 2. The van der Waals surface area contributed by atoms with E-state index in [1.807, 2.05) is 30.3 Å². The summed E-state index contributed by atoms with van der Waals surface area (Å²) >= 11 is 0. The first-order valence-electron chi connectivity index (χ1n) is 9.34. The van der Waals surface area contributed by atoms with Crippen molar-refractivity contribution in [2.75, 3.05) is 0 Å². The summed E-state index contributed by atoms with van der Waals surface area (Å²) in [5, 5.41) is 0. The normalized spacial score (nSPS) is 10.7. The third-order valence-corrected chi connectivity index (χ3v) is 4.75. The van der Waals surface area contributed by atoms with E-state index in [4.69, 9.17) is 0 Å². The molecule has 0 spiro atoms. The Labute approximate surface area is 159 Å². The van der Waals surface area contributed by atoms with E-state index >= 15 is 0 Å². The molecule has 0 amide bonds. The molecular formula is C23H24N2O2. The Morgan fingerprint density at radius 1 is 1.00 bits per heavy atom. The number of carbonyl (C=O) groups is 1. The minimum absolute atomic E-state index is 0.149. The quantitative estimate of drug-likeness (QED) is 0.586. The molecule has 0 fully saturated rings. The predicted octanol–water partition coefficient (Wildman–Crippen LogP) is 4.42. The Balaban J connectivity index is 1.94. The molecule has 2 aromatic carbocycles. The highest BCUT2D eigenvalue weighted by atomic mass is 16.1. The second kappa shape index (κ2) is 8.58. The molecule has 27 heavy (non-hydrogen) atoms. The van der Waals surface area contributed by atoms with Gasteiger partial charge >= 0.3 is 0 Å². The molecule has 0 saturated heterocycles. The number of benzene rings is 2. The number of hydrogen-bond acceptors (Lipinski definition) is 3. The number of unbranched alkanes of at least 4 members (excludes halogenated alkanes) is 1. The summed E-state index contributed by atoms with van der Waals surface area (Å²) in [5.41, 5.74) is 3.71. The van der Waals surface area contributed by atoms with Gasteiger partial charge in [0.2, 0.25) is 0 Å². The Kier molecular flexibility index (Phi) is 5.97. The largest absolute Gasteiger partial charge is 0.298 e. The smallest absolute Gasteiger partial charge is 0.264 e. The fraction of sp³-hybridized carbons (Fsp3) is 0.261. The van der Waals surface area contributed by atoms with Crippen LogP contribution in [0.2, 0.25) is 0 Å². The SMILES string of the molecule is CCCCc1nc(C)c(C=O)c(=O)n1Cc1ccc(-c2ccccc2)cc1. The van der Waals surface area contributed by atoms with Crippen LogP contribution in [-0.4, -0.2) is 15.8 Å². The average Bonchev–Trinajstić information content (AvgIpc) is 2.70. The number of carbonyl (C=O) groups excluding carboxylic acids is 1. The van der Waals surface area contributed by atoms with Crippen LogP contribution in [0.1, 0.15) is 47.2 Å². The zero-order valence-electron chi connectivity index (χ0n) is 15.8. The summed E-state index contributed by atoms with van der Waals surface area (Å²) in [7, 11) is 0. The third-order valence-electron chi connectivity index (χ3n) is 4.75. The number of nitrogens with zero attached hydrogens (tertiary/aromatic N) is 2. The Bertz CT molecular complexity index is 974. The van der Waals surface area contributed by atoms with Crippen molar-refractivity contribution in [1.29, 1.82) is 0 Å². The van der Waals surface area contributed by atoms with Gasteiger partial charge in [-0.3, -0.25) is 14.2 Å². The highest BCUT2D eigenvalue weighted by Gasteiger charge is 2.14. The van der Waals surface area contributed by atoms with Gasteiger partial charge in [-0.25, -0.2) is 4.98 Å². The lowest BCUT2D eigenvalue weighted by Crippen LogP contribution is -2.30. The first kappa shape index (κ1) is 18.8.